The van der Waals surface area contributed by atoms with Crippen LogP contribution in [0.1, 0.15) is 0 Å². The number of amides is 1. The van der Waals surface area contributed by atoms with Gasteiger partial charge in [-0.2, -0.15) is 0 Å². The second-order valence-corrected chi connectivity index (χ2v) is 3.33. The highest BCUT2D eigenvalue weighted by Gasteiger charge is 2.07. The number of fused-ring (bicyclic) bond motifs is 1. The molecule has 1 amide bonds. The largest absolute Gasteiger partial charge is 0.494 e. The van der Waals surface area contributed by atoms with Gasteiger partial charge >= 0.3 is 0 Å². The summed E-state index contributed by atoms with van der Waals surface area (Å²) in [6.07, 6.45) is 4.33. The van der Waals surface area contributed by atoms with E-state index >= 15 is 0 Å². The maximum Gasteiger partial charge on any atom is 0.247 e. The molecule has 0 atom stereocenters. The monoisotopic (exact) mass is 265 g/mol. The first kappa shape index (κ1) is 13.9. The fraction of sp³-hybridized carbons (Fsp3) is 0.0833. The van der Waals surface area contributed by atoms with Crippen molar-refractivity contribution in [2.45, 2.75) is 0 Å². The molecule has 1 aromatic heterocycles. The van der Waals surface area contributed by atoms with E-state index in [1.807, 2.05) is 0 Å². The van der Waals surface area contributed by atoms with Crippen molar-refractivity contribution in [3.8, 4) is 5.75 Å². The molecule has 0 radical (unpaired) electrons. The third kappa shape index (κ3) is 2.75. The van der Waals surface area contributed by atoms with Gasteiger partial charge in [0.05, 0.1) is 18.3 Å². The zero-order valence-corrected chi connectivity index (χ0v) is 10.5. The number of carbonyl (C=O) groups excluding carboxylic acids is 1. The number of hydrogen-bond acceptors (Lipinski definition) is 4. The molecule has 1 N–H and O–H groups in total. The van der Waals surface area contributed by atoms with Crippen LogP contribution >= 0.6 is 12.4 Å². The number of nitrogens with one attached hydrogen (secondary N) is 1. The molecule has 0 bridgehead atoms. The summed E-state index contributed by atoms with van der Waals surface area (Å²) >= 11 is 0. The van der Waals surface area contributed by atoms with Gasteiger partial charge in [-0.25, -0.2) is 9.97 Å². The lowest BCUT2D eigenvalue weighted by atomic mass is 10.2. The van der Waals surface area contributed by atoms with Crippen LogP contribution in [0.2, 0.25) is 0 Å². The molecular formula is C12H12ClN3O2. The summed E-state index contributed by atoms with van der Waals surface area (Å²) < 4.78 is 5.19. The van der Waals surface area contributed by atoms with Crippen LogP contribution in [0.15, 0.2) is 37.3 Å². The fourth-order valence-electron chi connectivity index (χ4n) is 1.46. The van der Waals surface area contributed by atoms with Gasteiger partial charge in [0.15, 0.2) is 0 Å². The highest BCUT2D eigenvalue weighted by Crippen LogP contribution is 2.28. The summed E-state index contributed by atoms with van der Waals surface area (Å²) in [5.41, 5.74) is 1.33. The molecule has 0 unspecified atom stereocenters. The SMILES string of the molecule is C=CC(=O)Nc1cc2cncnc2cc1OC.Cl. The number of benzene rings is 1. The average molecular weight is 266 g/mol. The van der Waals surface area contributed by atoms with Gasteiger partial charge in [-0.1, -0.05) is 6.58 Å². The molecule has 1 heterocycles. The highest BCUT2D eigenvalue weighted by atomic mass is 35.5. The molecule has 2 rings (SSSR count). The molecule has 0 aliphatic rings. The average Bonchev–Trinajstić information content (AvgIpc) is 2.37. The first-order valence-electron chi connectivity index (χ1n) is 4.95. The quantitative estimate of drug-likeness (QED) is 0.864. The van der Waals surface area contributed by atoms with Crippen LogP contribution in [-0.2, 0) is 4.79 Å². The third-order valence-electron chi connectivity index (χ3n) is 2.27. The van der Waals surface area contributed by atoms with Gasteiger partial charge in [0.2, 0.25) is 5.91 Å². The predicted molar refractivity (Wildman–Crippen MR) is 72.2 cm³/mol. The van der Waals surface area contributed by atoms with Crippen molar-refractivity contribution in [2.75, 3.05) is 12.4 Å². The van der Waals surface area contributed by atoms with Crippen LogP contribution in [-0.4, -0.2) is 23.0 Å². The van der Waals surface area contributed by atoms with Crippen LogP contribution in [0.4, 0.5) is 5.69 Å². The minimum absolute atomic E-state index is 0. The lowest BCUT2D eigenvalue weighted by molar-refractivity contribution is -0.111. The normalized spacial score (nSPS) is 9.39. The van der Waals surface area contributed by atoms with Gasteiger partial charge in [0.25, 0.3) is 0 Å². The highest BCUT2D eigenvalue weighted by molar-refractivity contribution is 6.01. The number of halogens is 1. The van der Waals surface area contributed by atoms with Gasteiger partial charge in [0.1, 0.15) is 12.1 Å². The Labute approximate surface area is 110 Å². The first-order chi connectivity index (χ1) is 8.24. The molecule has 2 aromatic rings. The molecule has 18 heavy (non-hydrogen) atoms. The lowest BCUT2D eigenvalue weighted by Crippen LogP contribution is -2.08. The van der Waals surface area contributed by atoms with Crippen molar-refractivity contribution in [1.82, 2.24) is 9.97 Å². The van der Waals surface area contributed by atoms with E-state index in [1.54, 1.807) is 18.3 Å². The smallest absolute Gasteiger partial charge is 0.247 e. The summed E-state index contributed by atoms with van der Waals surface area (Å²) in [4.78, 5) is 19.3. The lowest BCUT2D eigenvalue weighted by Gasteiger charge is -2.09. The van der Waals surface area contributed by atoms with E-state index in [4.69, 9.17) is 4.74 Å². The van der Waals surface area contributed by atoms with E-state index in [2.05, 4.69) is 21.9 Å². The summed E-state index contributed by atoms with van der Waals surface area (Å²) in [6.45, 7) is 3.40. The minimum Gasteiger partial charge on any atom is -0.494 e. The molecule has 5 nitrogen and oxygen atoms in total. The maximum atomic E-state index is 11.3. The van der Waals surface area contributed by atoms with E-state index in [9.17, 15) is 4.79 Å². The van der Waals surface area contributed by atoms with Gasteiger partial charge < -0.3 is 10.1 Å². The topological polar surface area (TPSA) is 64.1 Å². The van der Waals surface area contributed by atoms with Crippen LogP contribution in [0.3, 0.4) is 0 Å². The van der Waals surface area contributed by atoms with Crippen LogP contribution in [0, 0.1) is 0 Å². The van der Waals surface area contributed by atoms with Crippen molar-refractivity contribution < 1.29 is 9.53 Å². The van der Waals surface area contributed by atoms with Crippen molar-refractivity contribution in [1.29, 1.82) is 0 Å². The Hall–Kier alpha value is -2.14. The number of rotatable bonds is 3. The second-order valence-electron chi connectivity index (χ2n) is 3.33. The predicted octanol–water partition coefficient (Wildman–Crippen LogP) is 2.18. The molecule has 0 spiro atoms. The number of carbonyl (C=O) groups is 1. The van der Waals surface area contributed by atoms with Gasteiger partial charge in [-0.3, -0.25) is 4.79 Å². The van der Waals surface area contributed by atoms with Crippen molar-refractivity contribution >= 4 is 34.9 Å². The Bertz CT molecular complexity index is 587. The van der Waals surface area contributed by atoms with Crippen molar-refractivity contribution in [3.05, 3.63) is 37.3 Å². The van der Waals surface area contributed by atoms with Gasteiger partial charge in [-0.15, -0.1) is 12.4 Å². The van der Waals surface area contributed by atoms with Gasteiger partial charge in [-0.05, 0) is 12.1 Å². The number of ether oxygens (including phenoxy) is 1. The second kappa shape index (κ2) is 5.97. The van der Waals surface area contributed by atoms with E-state index < -0.39 is 0 Å². The maximum absolute atomic E-state index is 11.3. The summed E-state index contributed by atoms with van der Waals surface area (Å²) in [5.74, 6) is 0.255. The molecule has 6 heteroatoms. The molecule has 94 valence electrons. The summed E-state index contributed by atoms with van der Waals surface area (Å²) in [6, 6.07) is 3.51. The van der Waals surface area contributed by atoms with Crippen LogP contribution in [0.5, 0.6) is 5.75 Å². The van der Waals surface area contributed by atoms with E-state index in [1.165, 1.54) is 19.5 Å². The molecule has 1 aromatic carbocycles. The zero-order chi connectivity index (χ0) is 12.3. The van der Waals surface area contributed by atoms with E-state index in [0.717, 1.165) is 10.9 Å². The third-order valence-corrected chi connectivity index (χ3v) is 2.27. The van der Waals surface area contributed by atoms with Crippen LogP contribution < -0.4 is 10.1 Å². The Morgan fingerprint density at radius 1 is 1.50 bits per heavy atom. The molecule has 0 aliphatic carbocycles. The number of anilines is 1. The van der Waals surface area contributed by atoms with Crippen molar-refractivity contribution in [3.63, 3.8) is 0 Å². The summed E-state index contributed by atoms with van der Waals surface area (Å²) in [7, 11) is 1.53. The molecular weight excluding hydrogens is 254 g/mol. The molecule has 0 saturated heterocycles. The number of methoxy groups -OCH3 is 1. The molecule has 0 fully saturated rings. The van der Waals surface area contributed by atoms with E-state index in [-0.39, 0.29) is 18.3 Å². The van der Waals surface area contributed by atoms with Crippen LogP contribution in [0.25, 0.3) is 10.9 Å². The van der Waals surface area contributed by atoms with Crippen molar-refractivity contribution in [2.24, 2.45) is 0 Å². The number of aromatic nitrogens is 2. The van der Waals surface area contributed by atoms with E-state index in [0.29, 0.717) is 11.4 Å². The first-order valence-corrected chi connectivity index (χ1v) is 4.95. The standard InChI is InChI=1S/C12H11N3O2.ClH/c1-3-12(16)15-10-4-8-6-13-7-14-9(8)5-11(10)17-2;/h3-7H,1H2,2H3,(H,15,16);1H. The van der Waals surface area contributed by atoms with Gasteiger partial charge in [0, 0.05) is 17.6 Å². The number of hydrogen-bond donors (Lipinski definition) is 1. The Kier molecular flexibility index (Phi) is 4.62. The Morgan fingerprint density at radius 3 is 2.94 bits per heavy atom. The Morgan fingerprint density at radius 2 is 2.28 bits per heavy atom. The molecule has 0 saturated carbocycles. The fourth-order valence-corrected chi connectivity index (χ4v) is 1.46. The minimum atomic E-state index is -0.292. The molecule has 0 aliphatic heterocycles. The summed E-state index contributed by atoms with van der Waals surface area (Å²) in [5, 5.41) is 3.49. The Balaban J connectivity index is 0.00000162. The zero-order valence-electron chi connectivity index (χ0n) is 9.71. The number of nitrogens with zero attached hydrogens (tertiary/aromatic N) is 2.